The molecule has 0 saturated carbocycles. The Bertz CT molecular complexity index is 165. The second-order valence-electron chi connectivity index (χ2n) is 4.53. The fourth-order valence-corrected chi connectivity index (χ4v) is 2.02. The molecule has 0 radical (unpaired) electrons. The van der Waals surface area contributed by atoms with Gasteiger partial charge >= 0.3 is 0 Å². The molecule has 0 aromatic rings. The molecule has 0 fully saturated rings. The Hall–Kier alpha value is -0.160. The van der Waals surface area contributed by atoms with Crippen molar-refractivity contribution in [1.29, 1.82) is 0 Å². The fourth-order valence-electron chi connectivity index (χ4n) is 2.02. The number of ether oxygens (including phenoxy) is 1. The van der Waals surface area contributed by atoms with Gasteiger partial charge in [-0.1, -0.05) is 13.3 Å². The molecule has 0 spiro atoms. The molecule has 0 aromatic carbocycles. The van der Waals surface area contributed by atoms with Crippen LogP contribution in [0.4, 0.5) is 0 Å². The highest BCUT2D eigenvalue weighted by Gasteiger charge is 2.25. The van der Waals surface area contributed by atoms with Gasteiger partial charge in [0.15, 0.2) is 0 Å². The zero-order valence-electron chi connectivity index (χ0n) is 11.1. The minimum atomic E-state index is 0.0363. The van der Waals surface area contributed by atoms with Crippen molar-refractivity contribution in [2.75, 3.05) is 26.9 Å². The van der Waals surface area contributed by atoms with Crippen LogP contribution in [-0.4, -0.2) is 55.0 Å². The molecule has 0 aliphatic carbocycles. The summed E-state index contributed by atoms with van der Waals surface area (Å²) >= 11 is 0. The monoisotopic (exact) mass is 232 g/mol. The van der Waals surface area contributed by atoms with E-state index < -0.39 is 0 Å². The third-order valence-corrected chi connectivity index (χ3v) is 2.95. The van der Waals surface area contributed by atoms with Crippen LogP contribution in [0.2, 0.25) is 0 Å². The first-order valence-corrected chi connectivity index (χ1v) is 6.19. The zero-order chi connectivity index (χ0) is 12.6. The number of aliphatic hydroxyl groups is 1. The van der Waals surface area contributed by atoms with Crippen LogP contribution in [0.1, 0.15) is 33.6 Å². The molecule has 0 aliphatic rings. The fraction of sp³-hybridized carbons (Fsp3) is 1.00. The number of nitrogens with two attached hydrogens (primary N) is 1. The number of aliphatic hydroxyl groups excluding tert-OH is 1. The molecule has 0 saturated heterocycles. The quantitative estimate of drug-likeness (QED) is 0.618. The van der Waals surface area contributed by atoms with Gasteiger partial charge in [0.05, 0.1) is 13.2 Å². The predicted molar refractivity (Wildman–Crippen MR) is 67.5 cm³/mol. The first-order valence-electron chi connectivity index (χ1n) is 6.19. The van der Waals surface area contributed by atoms with Gasteiger partial charge in [-0.05, 0) is 20.3 Å². The summed E-state index contributed by atoms with van der Waals surface area (Å²) in [6.45, 7) is 7.96. The second kappa shape index (κ2) is 8.93. The van der Waals surface area contributed by atoms with Gasteiger partial charge in [-0.25, -0.2) is 0 Å². The van der Waals surface area contributed by atoms with Crippen molar-refractivity contribution < 1.29 is 9.84 Å². The van der Waals surface area contributed by atoms with Gasteiger partial charge in [-0.15, -0.1) is 0 Å². The topological polar surface area (TPSA) is 58.7 Å². The van der Waals surface area contributed by atoms with Gasteiger partial charge < -0.3 is 15.6 Å². The Kier molecular flexibility index (Phi) is 8.84. The third-order valence-electron chi connectivity index (χ3n) is 2.95. The van der Waals surface area contributed by atoms with Crippen molar-refractivity contribution in [3.63, 3.8) is 0 Å². The summed E-state index contributed by atoms with van der Waals surface area (Å²) < 4.78 is 5.09. The van der Waals surface area contributed by atoms with E-state index >= 15 is 0 Å². The van der Waals surface area contributed by atoms with Crippen LogP contribution >= 0.6 is 0 Å². The van der Waals surface area contributed by atoms with Crippen LogP contribution in [0.15, 0.2) is 0 Å². The lowest BCUT2D eigenvalue weighted by Crippen LogP contribution is -2.53. The maximum absolute atomic E-state index is 9.48. The van der Waals surface area contributed by atoms with E-state index in [-0.39, 0.29) is 18.7 Å². The lowest BCUT2D eigenvalue weighted by Gasteiger charge is -2.37. The number of nitrogens with zero attached hydrogens (tertiary/aromatic N) is 1. The summed E-state index contributed by atoms with van der Waals surface area (Å²) in [6, 6.07) is 0.444. The highest BCUT2D eigenvalue weighted by atomic mass is 16.5. The van der Waals surface area contributed by atoms with Crippen LogP contribution in [0.3, 0.4) is 0 Å². The molecule has 0 bridgehead atoms. The Balaban J connectivity index is 4.43. The molecule has 4 nitrogen and oxygen atoms in total. The lowest BCUT2D eigenvalue weighted by molar-refractivity contribution is 0.0508. The van der Waals surface area contributed by atoms with Crippen LogP contribution in [0.5, 0.6) is 0 Å². The van der Waals surface area contributed by atoms with Gasteiger partial charge in [0, 0.05) is 31.8 Å². The Morgan fingerprint density at radius 3 is 2.38 bits per heavy atom. The smallest absolute Gasteiger partial charge is 0.0602 e. The number of hydrogen-bond acceptors (Lipinski definition) is 4. The van der Waals surface area contributed by atoms with Gasteiger partial charge in [-0.2, -0.15) is 0 Å². The first-order chi connectivity index (χ1) is 7.58. The maximum atomic E-state index is 9.48. The predicted octanol–water partition coefficient (Wildman–Crippen LogP) is 0.832. The highest BCUT2D eigenvalue weighted by Crippen LogP contribution is 2.11. The van der Waals surface area contributed by atoms with Crippen molar-refractivity contribution in [1.82, 2.24) is 4.90 Å². The first kappa shape index (κ1) is 15.8. The Morgan fingerprint density at radius 2 is 2.00 bits per heavy atom. The van der Waals surface area contributed by atoms with Crippen molar-refractivity contribution in [2.45, 2.75) is 51.7 Å². The van der Waals surface area contributed by atoms with Crippen LogP contribution < -0.4 is 5.73 Å². The Morgan fingerprint density at radius 1 is 1.38 bits per heavy atom. The summed E-state index contributed by atoms with van der Waals surface area (Å²) in [5, 5.41) is 9.48. The average molecular weight is 232 g/mol. The van der Waals surface area contributed by atoms with E-state index in [0.717, 1.165) is 19.4 Å². The van der Waals surface area contributed by atoms with Gasteiger partial charge in [0.25, 0.3) is 0 Å². The zero-order valence-corrected chi connectivity index (χ0v) is 11.1. The van der Waals surface area contributed by atoms with E-state index in [1.807, 2.05) is 0 Å². The van der Waals surface area contributed by atoms with Gasteiger partial charge in [0.1, 0.15) is 0 Å². The number of hydrogen-bond donors (Lipinski definition) is 2. The van der Waals surface area contributed by atoms with E-state index in [9.17, 15) is 5.11 Å². The molecule has 0 rings (SSSR count). The number of methoxy groups -OCH3 is 1. The minimum Gasteiger partial charge on any atom is -0.395 e. The molecule has 0 aliphatic heterocycles. The molecule has 0 heterocycles. The number of rotatable bonds is 9. The van der Waals surface area contributed by atoms with E-state index in [1.54, 1.807) is 7.11 Å². The van der Waals surface area contributed by atoms with E-state index in [4.69, 9.17) is 10.5 Å². The molecular weight excluding hydrogens is 204 g/mol. The SMILES string of the molecule is CCCC(N)C(CO)N(CCOC)C(C)C. The molecule has 98 valence electrons. The largest absolute Gasteiger partial charge is 0.395 e. The van der Waals surface area contributed by atoms with Crippen molar-refractivity contribution in [3.05, 3.63) is 0 Å². The lowest BCUT2D eigenvalue weighted by atomic mass is 10.0. The van der Waals surface area contributed by atoms with Gasteiger partial charge in [-0.3, -0.25) is 4.90 Å². The van der Waals surface area contributed by atoms with Crippen LogP contribution in [0, 0.1) is 0 Å². The van der Waals surface area contributed by atoms with Crippen molar-refractivity contribution in [2.24, 2.45) is 5.73 Å². The molecule has 4 heteroatoms. The molecule has 2 atom stereocenters. The van der Waals surface area contributed by atoms with Crippen LogP contribution in [0.25, 0.3) is 0 Å². The molecule has 0 amide bonds. The van der Waals surface area contributed by atoms with Crippen molar-refractivity contribution in [3.8, 4) is 0 Å². The molecule has 0 aromatic heterocycles. The molecule has 2 unspecified atom stereocenters. The summed E-state index contributed by atoms with van der Waals surface area (Å²) in [7, 11) is 1.69. The van der Waals surface area contributed by atoms with Crippen molar-refractivity contribution >= 4 is 0 Å². The highest BCUT2D eigenvalue weighted by molar-refractivity contribution is 4.83. The Labute approximate surface area is 99.8 Å². The summed E-state index contributed by atoms with van der Waals surface area (Å²) in [6.07, 6.45) is 2.00. The summed E-state index contributed by atoms with van der Waals surface area (Å²) in [5.41, 5.74) is 6.11. The minimum absolute atomic E-state index is 0.0363. The van der Waals surface area contributed by atoms with E-state index in [0.29, 0.717) is 12.6 Å². The van der Waals surface area contributed by atoms with Gasteiger partial charge in [0.2, 0.25) is 0 Å². The van der Waals surface area contributed by atoms with Crippen LogP contribution in [-0.2, 0) is 4.74 Å². The van der Waals surface area contributed by atoms with E-state index in [2.05, 4.69) is 25.7 Å². The molecular formula is C12H28N2O2. The molecule has 3 N–H and O–H groups in total. The normalized spacial score (nSPS) is 15.8. The maximum Gasteiger partial charge on any atom is 0.0602 e. The third kappa shape index (κ3) is 5.25. The average Bonchev–Trinajstić information content (AvgIpc) is 2.23. The standard InChI is InChI=1S/C12H28N2O2/c1-5-6-11(13)12(9-15)14(10(2)3)7-8-16-4/h10-12,15H,5-9,13H2,1-4H3. The summed E-state index contributed by atoms with van der Waals surface area (Å²) in [4.78, 5) is 2.23. The summed E-state index contributed by atoms with van der Waals surface area (Å²) in [5.74, 6) is 0. The second-order valence-corrected chi connectivity index (χ2v) is 4.53. The molecule has 16 heavy (non-hydrogen) atoms. The van der Waals surface area contributed by atoms with E-state index in [1.165, 1.54) is 0 Å².